The number of thioether (sulfide) groups is 1. The number of aromatic nitrogens is 5. The molecule has 2 heterocycles. The number of hydrogen-bond donors (Lipinski definition) is 1. The Morgan fingerprint density at radius 2 is 1.66 bits per heavy atom. The molecular weight excluding hydrogens is 444 g/mol. The first-order chi connectivity index (χ1) is 15.4. The average Bonchev–Trinajstić information content (AvgIpc) is 3.18. The summed E-state index contributed by atoms with van der Waals surface area (Å²) in [7, 11) is 0. The summed E-state index contributed by atoms with van der Waals surface area (Å²) < 4.78 is 1.65. The Kier molecular flexibility index (Phi) is 6.53. The van der Waals surface area contributed by atoms with E-state index in [1.165, 1.54) is 11.8 Å². The van der Waals surface area contributed by atoms with Crippen LogP contribution in [0.1, 0.15) is 33.1 Å². The minimum Gasteiger partial charge on any atom is -0.321 e. The van der Waals surface area contributed by atoms with Crippen LogP contribution in [0.5, 0.6) is 0 Å². The Bertz CT molecular complexity index is 1230. The van der Waals surface area contributed by atoms with Gasteiger partial charge in [0.2, 0.25) is 0 Å². The van der Waals surface area contributed by atoms with Crippen molar-refractivity contribution in [3.8, 4) is 5.69 Å². The van der Waals surface area contributed by atoms with Crippen LogP contribution < -0.4 is 5.32 Å². The first-order valence-electron chi connectivity index (χ1n) is 9.92. The second-order valence-electron chi connectivity index (χ2n) is 7.32. The predicted octanol–water partition coefficient (Wildman–Crippen LogP) is 5.18. The molecule has 1 N–H and O–H groups in total. The minimum absolute atomic E-state index is 0.248. The number of hydrogen-bond acceptors (Lipinski definition) is 6. The van der Waals surface area contributed by atoms with Crippen molar-refractivity contribution >= 4 is 35.0 Å². The first kappa shape index (κ1) is 22.0. The van der Waals surface area contributed by atoms with Crippen LogP contribution >= 0.6 is 23.4 Å². The average molecular weight is 465 g/mol. The van der Waals surface area contributed by atoms with Crippen molar-refractivity contribution in [1.29, 1.82) is 0 Å². The minimum atomic E-state index is -0.328. The van der Waals surface area contributed by atoms with Crippen LogP contribution in [0, 0.1) is 20.8 Å². The molecule has 0 aliphatic heterocycles. The lowest BCUT2D eigenvalue weighted by Gasteiger charge is -2.09. The second kappa shape index (κ2) is 9.50. The quantitative estimate of drug-likeness (QED) is 0.312. The monoisotopic (exact) mass is 464 g/mol. The molecule has 0 saturated heterocycles. The molecule has 32 heavy (non-hydrogen) atoms. The molecule has 0 aliphatic carbocycles. The lowest BCUT2D eigenvalue weighted by molar-refractivity contribution is 0.102. The molecule has 4 rings (SSSR count). The Labute approximate surface area is 195 Å². The lowest BCUT2D eigenvalue weighted by atomic mass is 10.2. The zero-order valence-electron chi connectivity index (χ0n) is 17.8. The van der Waals surface area contributed by atoms with Crippen molar-refractivity contribution in [2.45, 2.75) is 31.7 Å². The van der Waals surface area contributed by atoms with Gasteiger partial charge in [-0.05, 0) is 63.2 Å². The molecular formula is C23H21ClN6OS. The Morgan fingerprint density at radius 1 is 1.00 bits per heavy atom. The zero-order valence-corrected chi connectivity index (χ0v) is 19.4. The topological polar surface area (TPSA) is 85.6 Å². The van der Waals surface area contributed by atoms with E-state index in [4.69, 9.17) is 11.6 Å². The summed E-state index contributed by atoms with van der Waals surface area (Å²) in [5, 5.41) is 12.6. The van der Waals surface area contributed by atoms with Crippen LogP contribution in [0.4, 0.5) is 5.69 Å². The van der Waals surface area contributed by atoms with E-state index in [9.17, 15) is 4.79 Å². The van der Waals surface area contributed by atoms with Crippen molar-refractivity contribution in [2.24, 2.45) is 0 Å². The maximum Gasteiger partial charge on any atom is 0.278 e. The highest BCUT2D eigenvalue weighted by Crippen LogP contribution is 2.25. The summed E-state index contributed by atoms with van der Waals surface area (Å²) in [6.45, 7) is 5.85. The highest BCUT2D eigenvalue weighted by Gasteiger charge is 2.21. The SMILES string of the molecule is Cc1ccc(NC(=O)c2nnn(-c3ccc(Cl)cc3)c2CSc2nc(C)cc(C)n2)cc1. The summed E-state index contributed by atoms with van der Waals surface area (Å²) in [6, 6.07) is 16.7. The summed E-state index contributed by atoms with van der Waals surface area (Å²) in [5.41, 5.74) is 5.23. The van der Waals surface area contributed by atoms with E-state index in [0.717, 1.165) is 22.6 Å². The van der Waals surface area contributed by atoms with Gasteiger partial charge in [-0.1, -0.05) is 46.3 Å². The van der Waals surface area contributed by atoms with E-state index < -0.39 is 0 Å². The third-order valence-corrected chi connectivity index (χ3v) is 5.77. The molecule has 0 saturated carbocycles. The number of nitrogens with zero attached hydrogens (tertiary/aromatic N) is 5. The normalized spacial score (nSPS) is 10.9. The number of anilines is 1. The molecule has 0 bridgehead atoms. The molecule has 0 fully saturated rings. The smallest absolute Gasteiger partial charge is 0.278 e. The molecule has 7 nitrogen and oxygen atoms in total. The van der Waals surface area contributed by atoms with Gasteiger partial charge in [-0.25, -0.2) is 14.6 Å². The molecule has 0 spiro atoms. The van der Waals surface area contributed by atoms with Gasteiger partial charge in [-0.3, -0.25) is 4.79 Å². The number of carbonyl (C=O) groups is 1. The van der Waals surface area contributed by atoms with Gasteiger partial charge in [0.25, 0.3) is 5.91 Å². The van der Waals surface area contributed by atoms with E-state index in [0.29, 0.717) is 27.3 Å². The first-order valence-corrected chi connectivity index (χ1v) is 11.3. The van der Waals surface area contributed by atoms with Crippen LogP contribution in [0.15, 0.2) is 59.8 Å². The van der Waals surface area contributed by atoms with E-state index >= 15 is 0 Å². The number of aryl methyl sites for hydroxylation is 3. The number of rotatable bonds is 6. The second-order valence-corrected chi connectivity index (χ2v) is 8.69. The third-order valence-electron chi connectivity index (χ3n) is 4.66. The van der Waals surface area contributed by atoms with Crippen LogP contribution in [0.25, 0.3) is 5.69 Å². The van der Waals surface area contributed by atoms with Crippen LogP contribution in [0.2, 0.25) is 5.02 Å². The van der Waals surface area contributed by atoms with E-state index in [-0.39, 0.29) is 11.6 Å². The summed E-state index contributed by atoms with van der Waals surface area (Å²) in [4.78, 5) is 22.0. The maximum atomic E-state index is 13.0. The number of halogens is 1. The Morgan fingerprint density at radius 3 is 2.31 bits per heavy atom. The molecule has 0 unspecified atom stereocenters. The van der Waals surface area contributed by atoms with Crippen LogP contribution in [0.3, 0.4) is 0 Å². The van der Waals surface area contributed by atoms with Crippen molar-refractivity contribution in [2.75, 3.05) is 5.32 Å². The number of carbonyl (C=O) groups excluding carboxylic acids is 1. The van der Waals surface area contributed by atoms with Crippen molar-refractivity contribution in [3.63, 3.8) is 0 Å². The summed E-state index contributed by atoms with van der Waals surface area (Å²) in [6.07, 6.45) is 0. The largest absolute Gasteiger partial charge is 0.321 e. The summed E-state index contributed by atoms with van der Waals surface area (Å²) >= 11 is 7.47. The maximum absolute atomic E-state index is 13.0. The third kappa shape index (κ3) is 5.15. The molecule has 2 aromatic heterocycles. The van der Waals surface area contributed by atoms with Gasteiger partial charge in [-0.2, -0.15) is 0 Å². The Hall–Kier alpha value is -3.23. The van der Waals surface area contributed by atoms with Gasteiger partial charge in [0, 0.05) is 27.9 Å². The van der Waals surface area contributed by atoms with Crippen LogP contribution in [-0.2, 0) is 5.75 Å². The van der Waals surface area contributed by atoms with Crippen molar-refractivity contribution in [3.05, 3.63) is 88.0 Å². The van der Waals surface area contributed by atoms with Gasteiger partial charge < -0.3 is 5.32 Å². The number of nitrogens with one attached hydrogen (secondary N) is 1. The lowest BCUT2D eigenvalue weighted by Crippen LogP contribution is -2.15. The fourth-order valence-electron chi connectivity index (χ4n) is 3.12. The fraction of sp³-hybridized carbons (Fsp3) is 0.174. The van der Waals surface area contributed by atoms with Crippen LogP contribution in [-0.4, -0.2) is 30.9 Å². The van der Waals surface area contributed by atoms with E-state index in [2.05, 4.69) is 25.6 Å². The predicted molar refractivity (Wildman–Crippen MR) is 127 cm³/mol. The van der Waals surface area contributed by atoms with Crippen molar-refractivity contribution in [1.82, 2.24) is 25.0 Å². The van der Waals surface area contributed by atoms with Gasteiger partial charge in [-0.15, -0.1) is 5.10 Å². The van der Waals surface area contributed by atoms with E-state index in [1.54, 1.807) is 16.8 Å². The number of benzene rings is 2. The molecule has 2 aromatic carbocycles. The molecule has 4 aromatic rings. The molecule has 1 amide bonds. The molecule has 0 radical (unpaired) electrons. The fourth-order valence-corrected chi connectivity index (χ4v) is 4.18. The van der Waals surface area contributed by atoms with Gasteiger partial charge in [0.15, 0.2) is 10.9 Å². The number of amides is 1. The zero-order chi connectivity index (χ0) is 22.7. The van der Waals surface area contributed by atoms with Gasteiger partial charge in [0.1, 0.15) is 0 Å². The van der Waals surface area contributed by atoms with Crippen molar-refractivity contribution < 1.29 is 4.79 Å². The highest BCUT2D eigenvalue weighted by atomic mass is 35.5. The standard InChI is InChI=1S/C23H21ClN6OS/c1-14-4-8-18(9-5-14)27-22(31)21-20(13-32-23-25-15(2)12-16(3)26-23)30(29-28-21)19-10-6-17(24)7-11-19/h4-12H,13H2,1-3H3,(H,27,31). The van der Waals surface area contributed by atoms with Gasteiger partial charge >= 0.3 is 0 Å². The summed E-state index contributed by atoms with van der Waals surface area (Å²) in [5.74, 6) is 0.0841. The van der Waals surface area contributed by atoms with E-state index in [1.807, 2.05) is 63.2 Å². The Balaban J connectivity index is 1.66. The molecule has 0 aliphatic rings. The van der Waals surface area contributed by atoms with Gasteiger partial charge in [0.05, 0.1) is 11.4 Å². The molecule has 9 heteroatoms. The highest BCUT2D eigenvalue weighted by molar-refractivity contribution is 7.98. The molecule has 0 atom stereocenters. The molecule has 162 valence electrons.